The van der Waals surface area contributed by atoms with Gasteiger partial charge in [-0.2, -0.15) is 4.98 Å². The summed E-state index contributed by atoms with van der Waals surface area (Å²) in [6.45, 7) is 0. The summed E-state index contributed by atoms with van der Waals surface area (Å²) in [4.78, 5) is 22.8. The van der Waals surface area contributed by atoms with Crippen LogP contribution in [0.4, 0.5) is 20.5 Å². The molecule has 2 aromatic rings. The van der Waals surface area contributed by atoms with E-state index < -0.39 is 11.6 Å². The van der Waals surface area contributed by atoms with Crippen molar-refractivity contribution < 1.29 is 13.6 Å². The average molecular weight is 412 g/mol. The molecule has 0 radical (unpaired) electrons. The molecular formula is C19H24ClF2N5O. The van der Waals surface area contributed by atoms with E-state index in [-0.39, 0.29) is 36.0 Å². The Labute approximate surface area is 169 Å². The summed E-state index contributed by atoms with van der Waals surface area (Å²) in [5.74, 6) is -0.933. The molecule has 1 fully saturated rings. The topological polar surface area (TPSA) is 70.2 Å². The highest BCUT2D eigenvalue weighted by Crippen LogP contribution is 2.22. The Bertz CT molecular complexity index is 813. The lowest BCUT2D eigenvalue weighted by atomic mass is 9.91. The molecule has 28 heavy (non-hydrogen) atoms. The third kappa shape index (κ3) is 5.51. The van der Waals surface area contributed by atoms with Gasteiger partial charge < -0.3 is 15.5 Å². The lowest BCUT2D eigenvalue weighted by Gasteiger charge is -2.29. The van der Waals surface area contributed by atoms with Crippen molar-refractivity contribution in [3.05, 3.63) is 47.7 Å². The number of amides is 1. The first-order valence-corrected chi connectivity index (χ1v) is 8.95. The van der Waals surface area contributed by atoms with Crippen LogP contribution in [0.5, 0.6) is 0 Å². The van der Waals surface area contributed by atoms with Crippen LogP contribution in [0.15, 0.2) is 30.5 Å². The van der Waals surface area contributed by atoms with Crippen LogP contribution in [0.25, 0.3) is 0 Å². The minimum absolute atomic E-state index is 0. The van der Waals surface area contributed by atoms with Crippen LogP contribution in [0, 0.1) is 11.6 Å². The first-order chi connectivity index (χ1) is 12.9. The van der Waals surface area contributed by atoms with Crippen LogP contribution in [0.1, 0.15) is 36.0 Å². The Morgan fingerprint density at radius 3 is 2.39 bits per heavy atom. The Kier molecular flexibility index (Phi) is 7.51. The van der Waals surface area contributed by atoms with Crippen molar-refractivity contribution in [2.45, 2.75) is 37.8 Å². The fraction of sp³-hybridized carbons (Fsp3) is 0.421. The zero-order valence-corrected chi connectivity index (χ0v) is 16.6. The zero-order valence-electron chi connectivity index (χ0n) is 15.8. The average Bonchev–Trinajstić information content (AvgIpc) is 2.65. The number of rotatable bonds is 5. The number of carbonyl (C=O) groups excluding carboxylic acids is 1. The fourth-order valence-electron chi connectivity index (χ4n) is 3.14. The normalized spacial score (nSPS) is 18.7. The van der Waals surface area contributed by atoms with Gasteiger partial charge in [0.2, 0.25) is 5.95 Å². The van der Waals surface area contributed by atoms with E-state index in [0.717, 1.165) is 43.6 Å². The van der Waals surface area contributed by atoms with E-state index in [0.29, 0.717) is 5.95 Å². The van der Waals surface area contributed by atoms with E-state index in [1.807, 2.05) is 25.1 Å². The number of anilines is 2. The van der Waals surface area contributed by atoms with Crippen LogP contribution in [-0.2, 0) is 0 Å². The quantitative estimate of drug-likeness (QED) is 0.789. The largest absolute Gasteiger partial charge is 0.363 e. The lowest BCUT2D eigenvalue weighted by Crippen LogP contribution is -2.40. The van der Waals surface area contributed by atoms with Crippen molar-refractivity contribution in [3.8, 4) is 0 Å². The fourth-order valence-corrected chi connectivity index (χ4v) is 3.14. The molecule has 1 heterocycles. The molecule has 1 aliphatic rings. The van der Waals surface area contributed by atoms with Gasteiger partial charge in [0.1, 0.15) is 5.82 Å². The highest BCUT2D eigenvalue weighted by molar-refractivity contribution is 5.94. The number of hydrogen-bond donors (Lipinski definition) is 2. The first kappa shape index (κ1) is 21.8. The molecule has 9 heteroatoms. The van der Waals surface area contributed by atoms with Gasteiger partial charge in [0, 0.05) is 37.9 Å². The molecule has 0 unspecified atom stereocenters. The molecule has 0 bridgehead atoms. The van der Waals surface area contributed by atoms with Gasteiger partial charge >= 0.3 is 0 Å². The molecule has 0 saturated heterocycles. The summed E-state index contributed by atoms with van der Waals surface area (Å²) >= 11 is 0. The maximum atomic E-state index is 13.3. The van der Waals surface area contributed by atoms with E-state index in [1.54, 1.807) is 6.20 Å². The van der Waals surface area contributed by atoms with Crippen LogP contribution >= 0.6 is 12.4 Å². The number of nitrogens with one attached hydrogen (secondary N) is 2. The van der Waals surface area contributed by atoms with Gasteiger partial charge in [-0.25, -0.2) is 13.8 Å². The number of hydrogen-bond acceptors (Lipinski definition) is 5. The van der Waals surface area contributed by atoms with Crippen LogP contribution in [0.2, 0.25) is 0 Å². The molecule has 1 amide bonds. The molecule has 1 aromatic heterocycles. The SMILES string of the molecule is CN(C)c1ccnc(N[C@H]2CC[C@@H](NC(=O)c3ccc(F)c(F)c3)CC2)n1.Cl. The zero-order chi connectivity index (χ0) is 19.4. The summed E-state index contributed by atoms with van der Waals surface area (Å²) < 4.78 is 26.3. The van der Waals surface area contributed by atoms with E-state index in [1.165, 1.54) is 6.07 Å². The summed E-state index contributed by atoms with van der Waals surface area (Å²) in [6.07, 6.45) is 5.02. The number of benzene rings is 1. The number of halogens is 3. The van der Waals surface area contributed by atoms with Crippen molar-refractivity contribution >= 4 is 30.1 Å². The monoisotopic (exact) mass is 411 g/mol. The summed E-state index contributed by atoms with van der Waals surface area (Å²) in [7, 11) is 3.85. The van der Waals surface area contributed by atoms with E-state index >= 15 is 0 Å². The number of aromatic nitrogens is 2. The molecule has 0 spiro atoms. The molecule has 2 N–H and O–H groups in total. The first-order valence-electron chi connectivity index (χ1n) is 8.95. The minimum atomic E-state index is -1.02. The van der Waals surface area contributed by atoms with Gasteiger partial charge in [0.15, 0.2) is 11.6 Å². The van der Waals surface area contributed by atoms with Crippen LogP contribution < -0.4 is 15.5 Å². The Morgan fingerprint density at radius 2 is 1.75 bits per heavy atom. The van der Waals surface area contributed by atoms with Gasteiger partial charge in [-0.3, -0.25) is 4.79 Å². The highest BCUT2D eigenvalue weighted by atomic mass is 35.5. The molecule has 6 nitrogen and oxygen atoms in total. The molecule has 1 aromatic carbocycles. The molecule has 1 saturated carbocycles. The summed E-state index contributed by atoms with van der Waals surface area (Å²) in [5.41, 5.74) is 0.128. The second-order valence-corrected chi connectivity index (χ2v) is 6.93. The standard InChI is InChI=1S/C19H23F2N5O.ClH/c1-26(2)17-9-10-22-19(25-17)24-14-6-4-13(5-7-14)23-18(27)12-3-8-15(20)16(21)11-12;/h3,8-11,13-14H,4-7H2,1-2H3,(H,23,27)(H,22,24,25);1H/t13-,14+;. The molecule has 152 valence electrons. The molecule has 1 aliphatic carbocycles. The summed E-state index contributed by atoms with van der Waals surface area (Å²) in [6, 6.07) is 5.27. The van der Waals surface area contributed by atoms with Crippen LogP contribution in [0.3, 0.4) is 0 Å². The summed E-state index contributed by atoms with van der Waals surface area (Å²) in [5, 5.41) is 6.24. The Morgan fingerprint density at radius 1 is 1.07 bits per heavy atom. The third-order valence-corrected chi connectivity index (χ3v) is 4.68. The predicted molar refractivity (Wildman–Crippen MR) is 107 cm³/mol. The van der Waals surface area contributed by atoms with Crippen molar-refractivity contribution in [2.75, 3.05) is 24.3 Å². The predicted octanol–water partition coefficient (Wildman–Crippen LogP) is 3.40. The third-order valence-electron chi connectivity index (χ3n) is 4.68. The molecule has 0 aliphatic heterocycles. The van der Waals surface area contributed by atoms with E-state index in [9.17, 15) is 13.6 Å². The van der Waals surface area contributed by atoms with E-state index in [4.69, 9.17) is 0 Å². The maximum Gasteiger partial charge on any atom is 0.251 e. The van der Waals surface area contributed by atoms with Gasteiger partial charge in [-0.15, -0.1) is 12.4 Å². The smallest absolute Gasteiger partial charge is 0.251 e. The van der Waals surface area contributed by atoms with Crippen molar-refractivity contribution in [1.29, 1.82) is 0 Å². The molecule has 3 rings (SSSR count). The van der Waals surface area contributed by atoms with E-state index in [2.05, 4.69) is 20.6 Å². The Hall–Kier alpha value is -2.48. The van der Waals surface area contributed by atoms with Gasteiger partial charge in [0.25, 0.3) is 5.91 Å². The molecular weight excluding hydrogens is 388 g/mol. The second-order valence-electron chi connectivity index (χ2n) is 6.93. The second kappa shape index (κ2) is 9.64. The number of carbonyl (C=O) groups is 1. The van der Waals surface area contributed by atoms with Crippen molar-refractivity contribution in [1.82, 2.24) is 15.3 Å². The number of nitrogens with zero attached hydrogens (tertiary/aromatic N) is 3. The van der Waals surface area contributed by atoms with Gasteiger partial charge in [-0.1, -0.05) is 0 Å². The van der Waals surface area contributed by atoms with Crippen molar-refractivity contribution in [2.24, 2.45) is 0 Å². The maximum absolute atomic E-state index is 13.3. The van der Waals surface area contributed by atoms with Crippen molar-refractivity contribution in [3.63, 3.8) is 0 Å². The Balaban J connectivity index is 0.00000280. The molecule has 0 atom stereocenters. The van der Waals surface area contributed by atoms with Gasteiger partial charge in [-0.05, 0) is 49.9 Å². The highest BCUT2D eigenvalue weighted by Gasteiger charge is 2.23. The minimum Gasteiger partial charge on any atom is -0.363 e. The lowest BCUT2D eigenvalue weighted by molar-refractivity contribution is 0.0926. The van der Waals surface area contributed by atoms with Crippen LogP contribution in [-0.4, -0.2) is 42.1 Å². The van der Waals surface area contributed by atoms with Gasteiger partial charge in [0.05, 0.1) is 0 Å².